The molecule has 0 aliphatic carbocycles. The molecule has 0 unspecified atom stereocenters. The summed E-state index contributed by atoms with van der Waals surface area (Å²) in [7, 11) is 0. The standard InChI is InChI=1S/C10H9F2N3S/c1-5-2-8(12)6(3-7(5)11)9-4-16-10(14-9)15-13/h2-4H,13H2,1H3,(H,14,15). The van der Waals surface area contributed by atoms with Gasteiger partial charge in [0.1, 0.15) is 11.6 Å². The van der Waals surface area contributed by atoms with Gasteiger partial charge in [-0.15, -0.1) is 11.3 Å². The van der Waals surface area contributed by atoms with Gasteiger partial charge in [0.05, 0.1) is 5.69 Å². The molecule has 16 heavy (non-hydrogen) atoms. The predicted octanol–water partition coefficient (Wildman–Crippen LogP) is 2.68. The molecule has 1 aromatic carbocycles. The van der Waals surface area contributed by atoms with E-state index in [4.69, 9.17) is 5.84 Å². The van der Waals surface area contributed by atoms with E-state index in [1.54, 1.807) is 5.38 Å². The molecule has 6 heteroatoms. The van der Waals surface area contributed by atoms with Crippen LogP contribution < -0.4 is 11.3 Å². The van der Waals surface area contributed by atoms with E-state index < -0.39 is 11.6 Å². The van der Waals surface area contributed by atoms with Crippen molar-refractivity contribution in [1.82, 2.24) is 4.98 Å². The first kappa shape index (κ1) is 11.0. The minimum Gasteiger partial charge on any atom is -0.300 e. The second-order valence-electron chi connectivity index (χ2n) is 3.26. The summed E-state index contributed by atoms with van der Waals surface area (Å²) in [4.78, 5) is 4.01. The lowest BCUT2D eigenvalue weighted by Crippen LogP contribution is -2.05. The third-order valence-electron chi connectivity index (χ3n) is 2.15. The number of anilines is 1. The average molecular weight is 241 g/mol. The van der Waals surface area contributed by atoms with Gasteiger partial charge in [0.25, 0.3) is 0 Å². The quantitative estimate of drug-likeness (QED) is 0.627. The van der Waals surface area contributed by atoms with Crippen molar-refractivity contribution in [3.63, 3.8) is 0 Å². The van der Waals surface area contributed by atoms with E-state index in [2.05, 4.69) is 10.4 Å². The molecule has 0 bridgehead atoms. The summed E-state index contributed by atoms with van der Waals surface area (Å²) in [6.45, 7) is 1.51. The van der Waals surface area contributed by atoms with Gasteiger partial charge in [-0.2, -0.15) is 0 Å². The highest BCUT2D eigenvalue weighted by molar-refractivity contribution is 7.14. The summed E-state index contributed by atoms with van der Waals surface area (Å²) < 4.78 is 26.9. The number of nitrogens with one attached hydrogen (secondary N) is 1. The first-order valence-corrected chi connectivity index (χ1v) is 5.38. The molecule has 0 amide bonds. The van der Waals surface area contributed by atoms with Crippen molar-refractivity contribution in [2.75, 3.05) is 5.43 Å². The third kappa shape index (κ3) is 1.89. The Morgan fingerprint density at radius 2 is 2.06 bits per heavy atom. The molecule has 3 nitrogen and oxygen atoms in total. The Labute approximate surface area is 94.9 Å². The van der Waals surface area contributed by atoms with Crippen molar-refractivity contribution >= 4 is 16.5 Å². The molecule has 2 rings (SSSR count). The Bertz CT molecular complexity index is 525. The number of aromatic nitrogens is 1. The van der Waals surface area contributed by atoms with E-state index in [1.807, 2.05) is 0 Å². The van der Waals surface area contributed by atoms with Crippen LogP contribution in [0.15, 0.2) is 17.5 Å². The molecule has 84 valence electrons. The summed E-state index contributed by atoms with van der Waals surface area (Å²) >= 11 is 1.23. The smallest absolute Gasteiger partial charge is 0.197 e. The maximum atomic E-state index is 13.6. The fourth-order valence-electron chi connectivity index (χ4n) is 1.31. The molecule has 2 aromatic rings. The Hall–Kier alpha value is -1.53. The van der Waals surface area contributed by atoms with Gasteiger partial charge >= 0.3 is 0 Å². The maximum Gasteiger partial charge on any atom is 0.197 e. The van der Waals surface area contributed by atoms with Crippen LogP contribution in [0.1, 0.15) is 5.56 Å². The van der Waals surface area contributed by atoms with Crippen molar-refractivity contribution < 1.29 is 8.78 Å². The third-order valence-corrected chi connectivity index (χ3v) is 2.93. The Kier molecular flexibility index (Phi) is 2.84. The molecule has 0 saturated heterocycles. The zero-order valence-electron chi connectivity index (χ0n) is 8.42. The van der Waals surface area contributed by atoms with Gasteiger partial charge in [0, 0.05) is 10.9 Å². The van der Waals surface area contributed by atoms with Crippen LogP contribution >= 0.6 is 11.3 Å². The second kappa shape index (κ2) is 4.15. The van der Waals surface area contributed by atoms with Gasteiger partial charge in [-0.25, -0.2) is 19.6 Å². The molecule has 1 aromatic heterocycles. The molecule has 0 atom stereocenters. The number of hydrogen-bond donors (Lipinski definition) is 2. The van der Waals surface area contributed by atoms with E-state index in [0.717, 1.165) is 12.1 Å². The number of hydrogen-bond acceptors (Lipinski definition) is 4. The molecule has 0 saturated carbocycles. The molecular weight excluding hydrogens is 232 g/mol. The van der Waals surface area contributed by atoms with Crippen LogP contribution in [0, 0.1) is 18.6 Å². The van der Waals surface area contributed by atoms with Crippen molar-refractivity contribution in [2.45, 2.75) is 6.92 Å². The number of benzene rings is 1. The number of hydrazine groups is 1. The summed E-state index contributed by atoms with van der Waals surface area (Å²) in [6.07, 6.45) is 0. The van der Waals surface area contributed by atoms with Crippen molar-refractivity contribution in [3.8, 4) is 11.3 Å². The molecule has 0 aliphatic rings. The largest absolute Gasteiger partial charge is 0.300 e. The predicted molar refractivity (Wildman–Crippen MR) is 60.0 cm³/mol. The number of rotatable bonds is 2. The van der Waals surface area contributed by atoms with E-state index in [0.29, 0.717) is 10.8 Å². The monoisotopic (exact) mass is 241 g/mol. The van der Waals surface area contributed by atoms with Crippen LogP contribution in [0.5, 0.6) is 0 Å². The fourth-order valence-corrected chi connectivity index (χ4v) is 1.93. The minimum absolute atomic E-state index is 0.140. The zero-order chi connectivity index (χ0) is 11.7. The molecular formula is C10H9F2N3S. The van der Waals surface area contributed by atoms with Crippen LogP contribution in [0.3, 0.4) is 0 Å². The summed E-state index contributed by atoms with van der Waals surface area (Å²) in [6, 6.07) is 2.29. The van der Waals surface area contributed by atoms with Gasteiger partial charge in [-0.1, -0.05) is 0 Å². The number of nitrogens with two attached hydrogens (primary N) is 1. The number of nitrogens with zero attached hydrogens (tertiary/aromatic N) is 1. The van der Waals surface area contributed by atoms with Gasteiger partial charge in [0.2, 0.25) is 0 Å². The topological polar surface area (TPSA) is 50.9 Å². The molecule has 0 aliphatic heterocycles. The zero-order valence-corrected chi connectivity index (χ0v) is 9.24. The lowest BCUT2D eigenvalue weighted by atomic mass is 10.1. The fraction of sp³-hybridized carbons (Fsp3) is 0.100. The van der Waals surface area contributed by atoms with Crippen LogP contribution in [-0.4, -0.2) is 4.98 Å². The maximum absolute atomic E-state index is 13.6. The van der Waals surface area contributed by atoms with Gasteiger partial charge < -0.3 is 0 Å². The van der Waals surface area contributed by atoms with Crippen molar-refractivity contribution in [1.29, 1.82) is 0 Å². The molecule has 0 fully saturated rings. The SMILES string of the molecule is Cc1cc(F)c(-c2csc(NN)n2)cc1F. The lowest BCUT2D eigenvalue weighted by molar-refractivity contribution is 0.595. The first-order chi connectivity index (χ1) is 7.61. The Balaban J connectivity index is 2.51. The van der Waals surface area contributed by atoms with E-state index in [9.17, 15) is 8.78 Å². The van der Waals surface area contributed by atoms with Crippen molar-refractivity contribution in [2.24, 2.45) is 5.84 Å². The normalized spacial score (nSPS) is 10.5. The van der Waals surface area contributed by atoms with Crippen LogP contribution in [-0.2, 0) is 0 Å². The number of thiazole rings is 1. The summed E-state index contributed by atoms with van der Waals surface area (Å²) in [5.41, 5.74) is 3.14. The number of nitrogen functional groups attached to an aromatic ring is 1. The van der Waals surface area contributed by atoms with E-state index >= 15 is 0 Å². The summed E-state index contributed by atoms with van der Waals surface area (Å²) in [5, 5.41) is 2.07. The molecule has 0 spiro atoms. The summed E-state index contributed by atoms with van der Waals surface area (Å²) in [5.74, 6) is 4.22. The Morgan fingerprint density at radius 1 is 1.31 bits per heavy atom. The number of halogens is 2. The highest BCUT2D eigenvalue weighted by atomic mass is 32.1. The highest BCUT2D eigenvalue weighted by Crippen LogP contribution is 2.28. The second-order valence-corrected chi connectivity index (χ2v) is 4.12. The van der Waals surface area contributed by atoms with E-state index in [-0.39, 0.29) is 11.1 Å². The highest BCUT2D eigenvalue weighted by Gasteiger charge is 2.12. The number of aryl methyl sites for hydroxylation is 1. The first-order valence-electron chi connectivity index (χ1n) is 4.50. The lowest BCUT2D eigenvalue weighted by Gasteiger charge is -2.02. The van der Waals surface area contributed by atoms with Crippen LogP contribution in [0.4, 0.5) is 13.9 Å². The average Bonchev–Trinajstić information content (AvgIpc) is 2.71. The van der Waals surface area contributed by atoms with Gasteiger partial charge in [-0.05, 0) is 24.6 Å². The van der Waals surface area contributed by atoms with Gasteiger partial charge in [0.15, 0.2) is 5.13 Å². The van der Waals surface area contributed by atoms with E-state index in [1.165, 1.54) is 18.3 Å². The minimum atomic E-state index is -0.493. The van der Waals surface area contributed by atoms with Gasteiger partial charge in [-0.3, -0.25) is 5.43 Å². The molecule has 3 N–H and O–H groups in total. The van der Waals surface area contributed by atoms with Crippen LogP contribution in [0.25, 0.3) is 11.3 Å². The Morgan fingerprint density at radius 3 is 2.69 bits per heavy atom. The van der Waals surface area contributed by atoms with Crippen LogP contribution in [0.2, 0.25) is 0 Å². The molecule has 1 heterocycles. The van der Waals surface area contributed by atoms with Crippen molar-refractivity contribution in [3.05, 3.63) is 34.7 Å². The molecule has 0 radical (unpaired) electrons.